The van der Waals surface area contributed by atoms with Crippen molar-refractivity contribution < 1.29 is 18.7 Å². The zero-order valence-corrected chi connectivity index (χ0v) is 18.8. The zero-order chi connectivity index (χ0) is 24.1. The van der Waals surface area contributed by atoms with Crippen molar-refractivity contribution in [3.05, 3.63) is 89.0 Å². The third-order valence-corrected chi connectivity index (χ3v) is 5.71. The van der Waals surface area contributed by atoms with Crippen molar-refractivity contribution in [1.29, 1.82) is 0 Å². The average molecular weight is 479 g/mol. The van der Waals surface area contributed by atoms with Gasteiger partial charge in [-0.3, -0.25) is 19.5 Å². The number of benzene rings is 3. The van der Waals surface area contributed by atoms with Gasteiger partial charge in [-0.05, 0) is 48.5 Å². The Morgan fingerprint density at radius 1 is 1.03 bits per heavy atom. The lowest BCUT2D eigenvalue weighted by Crippen LogP contribution is -2.35. The number of hydrogen-bond acceptors (Lipinski definition) is 6. The van der Waals surface area contributed by atoms with Gasteiger partial charge in [0.15, 0.2) is 5.16 Å². The number of carbonyl (C=O) groups is 2. The molecule has 0 spiro atoms. The summed E-state index contributed by atoms with van der Waals surface area (Å²) in [4.78, 5) is 42.1. The molecule has 0 saturated carbocycles. The molecule has 10 heteroatoms. The minimum atomic E-state index is -0.714. The van der Waals surface area contributed by atoms with Crippen molar-refractivity contribution in [3.63, 3.8) is 0 Å². The smallest absolute Gasteiger partial charge is 0.325 e. The first-order valence-corrected chi connectivity index (χ1v) is 11.1. The number of amides is 3. The Hall–Kier alpha value is -4.18. The number of nitrogens with one attached hydrogen (secondary N) is 2. The van der Waals surface area contributed by atoms with E-state index in [0.29, 0.717) is 22.3 Å². The van der Waals surface area contributed by atoms with E-state index in [1.54, 1.807) is 54.6 Å². The predicted molar refractivity (Wildman–Crippen MR) is 128 cm³/mol. The number of halogens is 1. The van der Waals surface area contributed by atoms with Gasteiger partial charge in [0.25, 0.3) is 5.56 Å². The fourth-order valence-corrected chi connectivity index (χ4v) is 3.99. The van der Waals surface area contributed by atoms with Crippen LogP contribution in [-0.4, -0.2) is 34.4 Å². The fourth-order valence-electron chi connectivity index (χ4n) is 3.18. The standard InChI is InChI=1S/C24H19FN4O4S/c1-33-16-12-10-15(11-13-16)26-23(32)28-21(30)14-34-24-27-19-8-4-2-6-17(19)22(31)29(24)20-9-5-3-7-18(20)25/h2-13H,14H2,1H3,(H2,26,28,30,32). The first-order chi connectivity index (χ1) is 16.5. The maximum atomic E-state index is 14.5. The molecular formula is C24H19FN4O4S. The summed E-state index contributed by atoms with van der Waals surface area (Å²) in [7, 11) is 1.53. The zero-order valence-electron chi connectivity index (χ0n) is 17.9. The van der Waals surface area contributed by atoms with E-state index in [9.17, 15) is 18.8 Å². The van der Waals surface area contributed by atoms with Gasteiger partial charge in [0, 0.05) is 5.69 Å². The highest BCUT2D eigenvalue weighted by molar-refractivity contribution is 7.99. The first-order valence-electron chi connectivity index (χ1n) is 10.1. The van der Waals surface area contributed by atoms with Crippen molar-refractivity contribution in [2.75, 3.05) is 18.2 Å². The number of fused-ring (bicyclic) bond motifs is 1. The van der Waals surface area contributed by atoms with Crippen LogP contribution in [0.1, 0.15) is 0 Å². The van der Waals surface area contributed by atoms with Gasteiger partial charge in [0.2, 0.25) is 5.91 Å². The summed E-state index contributed by atoms with van der Waals surface area (Å²) in [5.74, 6) is -0.817. The van der Waals surface area contributed by atoms with Crippen LogP contribution in [0.5, 0.6) is 5.75 Å². The highest BCUT2D eigenvalue weighted by Crippen LogP contribution is 2.22. The Bertz CT molecular complexity index is 1420. The molecule has 172 valence electrons. The molecule has 3 amide bonds. The number of imide groups is 1. The Kier molecular flexibility index (Phi) is 6.88. The lowest BCUT2D eigenvalue weighted by atomic mass is 10.2. The molecule has 3 aromatic carbocycles. The second-order valence-corrected chi connectivity index (χ2v) is 7.97. The summed E-state index contributed by atoms with van der Waals surface area (Å²) in [5, 5.41) is 5.21. The molecule has 0 aliphatic carbocycles. The highest BCUT2D eigenvalue weighted by Gasteiger charge is 2.17. The van der Waals surface area contributed by atoms with Crippen LogP contribution in [0.25, 0.3) is 16.6 Å². The molecule has 0 fully saturated rings. The second-order valence-electron chi connectivity index (χ2n) is 7.02. The summed E-state index contributed by atoms with van der Waals surface area (Å²) in [6.45, 7) is 0. The van der Waals surface area contributed by atoms with E-state index >= 15 is 0 Å². The number of anilines is 1. The van der Waals surface area contributed by atoms with Crippen molar-refractivity contribution in [1.82, 2.24) is 14.9 Å². The monoisotopic (exact) mass is 478 g/mol. The van der Waals surface area contributed by atoms with E-state index in [2.05, 4.69) is 15.6 Å². The lowest BCUT2D eigenvalue weighted by Gasteiger charge is -2.13. The number of nitrogens with zero attached hydrogens (tertiary/aromatic N) is 2. The maximum Gasteiger partial charge on any atom is 0.325 e. The third-order valence-electron chi connectivity index (χ3n) is 4.77. The Morgan fingerprint density at radius 3 is 2.47 bits per heavy atom. The summed E-state index contributed by atoms with van der Waals surface area (Å²) >= 11 is 0.918. The Morgan fingerprint density at radius 2 is 1.74 bits per heavy atom. The number of aromatic nitrogens is 2. The van der Waals surface area contributed by atoms with Crippen molar-refractivity contribution in [2.24, 2.45) is 0 Å². The van der Waals surface area contributed by atoms with E-state index in [1.807, 2.05) is 0 Å². The molecule has 0 aliphatic heterocycles. The van der Waals surface area contributed by atoms with Gasteiger partial charge in [-0.15, -0.1) is 0 Å². The van der Waals surface area contributed by atoms with Crippen LogP contribution < -0.4 is 20.9 Å². The van der Waals surface area contributed by atoms with Gasteiger partial charge in [-0.25, -0.2) is 14.2 Å². The predicted octanol–water partition coefficient (Wildman–Crippen LogP) is 3.97. The number of para-hydroxylation sites is 2. The molecule has 8 nitrogen and oxygen atoms in total. The second kappa shape index (κ2) is 10.2. The number of thioether (sulfide) groups is 1. The average Bonchev–Trinajstić information content (AvgIpc) is 2.84. The Balaban J connectivity index is 1.53. The van der Waals surface area contributed by atoms with Crippen molar-refractivity contribution in [2.45, 2.75) is 5.16 Å². The van der Waals surface area contributed by atoms with Crippen LogP contribution in [0.3, 0.4) is 0 Å². The van der Waals surface area contributed by atoms with Crippen LogP contribution in [0.4, 0.5) is 14.9 Å². The molecule has 0 unspecified atom stereocenters. The molecule has 34 heavy (non-hydrogen) atoms. The SMILES string of the molecule is COc1ccc(NC(=O)NC(=O)CSc2nc3ccccc3c(=O)n2-c2ccccc2F)cc1. The molecule has 0 bridgehead atoms. The number of methoxy groups -OCH3 is 1. The van der Waals surface area contributed by atoms with Crippen LogP contribution in [0.2, 0.25) is 0 Å². The van der Waals surface area contributed by atoms with E-state index in [1.165, 1.54) is 25.3 Å². The van der Waals surface area contributed by atoms with Gasteiger partial charge in [-0.1, -0.05) is 36.0 Å². The van der Waals surface area contributed by atoms with E-state index in [0.717, 1.165) is 16.3 Å². The van der Waals surface area contributed by atoms with Gasteiger partial charge in [0.1, 0.15) is 11.6 Å². The van der Waals surface area contributed by atoms with Crippen LogP contribution >= 0.6 is 11.8 Å². The number of hydrogen-bond donors (Lipinski definition) is 2. The van der Waals surface area contributed by atoms with Crippen molar-refractivity contribution >= 4 is 40.3 Å². The first kappa shape index (κ1) is 23.0. The van der Waals surface area contributed by atoms with Crippen molar-refractivity contribution in [3.8, 4) is 11.4 Å². The van der Waals surface area contributed by atoms with Crippen LogP contribution in [0, 0.1) is 5.82 Å². The third kappa shape index (κ3) is 5.07. The van der Waals surface area contributed by atoms with E-state index in [-0.39, 0.29) is 16.6 Å². The highest BCUT2D eigenvalue weighted by atomic mass is 32.2. The lowest BCUT2D eigenvalue weighted by molar-refractivity contribution is -0.117. The van der Waals surface area contributed by atoms with Gasteiger partial charge < -0.3 is 10.1 Å². The summed E-state index contributed by atoms with van der Waals surface area (Å²) in [6.07, 6.45) is 0. The largest absolute Gasteiger partial charge is 0.497 e. The minimum Gasteiger partial charge on any atom is -0.497 e. The molecule has 0 radical (unpaired) electrons. The summed E-state index contributed by atoms with van der Waals surface area (Å²) in [6, 6.07) is 18.4. The van der Waals surface area contributed by atoms with Gasteiger partial charge in [0.05, 0.1) is 29.5 Å². The maximum absolute atomic E-state index is 14.5. The topological polar surface area (TPSA) is 102 Å². The summed E-state index contributed by atoms with van der Waals surface area (Å²) in [5.41, 5.74) is 0.449. The Labute approximate surface area is 197 Å². The fraction of sp³-hybridized carbons (Fsp3) is 0.0833. The molecular weight excluding hydrogens is 459 g/mol. The number of rotatable bonds is 6. The molecule has 0 atom stereocenters. The minimum absolute atomic E-state index is 0.0194. The number of carbonyl (C=O) groups excluding carboxylic acids is 2. The van der Waals surface area contributed by atoms with Gasteiger partial charge in [-0.2, -0.15) is 0 Å². The molecule has 0 saturated heterocycles. The molecule has 2 N–H and O–H groups in total. The normalized spacial score (nSPS) is 10.6. The summed E-state index contributed by atoms with van der Waals surface area (Å²) < 4.78 is 20.7. The quantitative estimate of drug-likeness (QED) is 0.321. The van der Waals surface area contributed by atoms with E-state index in [4.69, 9.17) is 4.74 Å². The van der Waals surface area contributed by atoms with Crippen LogP contribution in [-0.2, 0) is 4.79 Å². The van der Waals surface area contributed by atoms with E-state index < -0.39 is 23.3 Å². The number of urea groups is 1. The molecule has 1 heterocycles. The molecule has 4 rings (SSSR count). The molecule has 1 aromatic heterocycles. The van der Waals surface area contributed by atoms with Crippen LogP contribution in [0.15, 0.2) is 82.7 Å². The molecule has 0 aliphatic rings. The number of ether oxygens (including phenoxy) is 1. The molecule has 4 aromatic rings. The van der Waals surface area contributed by atoms with Gasteiger partial charge >= 0.3 is 6.03 Å².